The minimum absolute atomic E-state index is 0.0359. The second-order valence-corrected chi connectivity index (χ2v) is 4.98. The fourth-order valence-corrected chi connectivity index (χ4v) is 2.26. The fraction of sp³-hybridized carbons (Fsp3) is 0.562. The molecule has 0 heterocycles. The summed E-state index contributed by atoms with van der Waals surface area (Å²) in [6.07, 6.45) is 2.18. The number of amides is 1. The lowest BCUT2D eigenvalue weighted by atomic mass is 10.0. The monoisotopic (exact) mass is 278 g/mol. The van der Waals surface area contributed by atoms with E-state index in [2.05, 4.69) is 13.8 Å². The molecule has 0 aliphatic heterocycles. The molecule has 0 aliphatic rings. The molecule has 0 atom stereocenters. The highest BCUT2D eigenvalue weighted by atomic mass is 16.5. The van der Waals surface area contributed by atoms with Crippen LogP contribution < -0.4 is 10.5 Å². The van der Waals surface area contributed by atoms with Crippen LogP contribution in [0.4, 0.5) is 5.69 Å². The topological polar surface area (TPSA) is 55.6 Å². The third-order valence-electron chi connectivity index (χ3n) is 3.78. The summed E-state index contributed by atoms with van der Waals surface area (Å²) in [7, 11) is 1.57. The normalized spacial score (nSPS) is 10.7. The molecule has 0 saturated carbocycles. The average Bonchev–Trinajstić information content (AvgIpc) is 2.48. The van der Waals surface area contributed by atoms with Crippen molar-refractivity contribution in [2.24, 2.45) is 5.92 Å². The maximum Gasteiger partial charge on any atom is 0.253 e. The zero-order valence-corrected chi connectivity index (χ0v) is 13.0. The van der Waals surface area contributed by atoms with Crippen molar-refractivity contribution in [3.8, 4) is 5.75 Å². The quantitative estimate of drug-likeness (QED) is 0.779. The molecular formula is C16H26N2O2. The van der Waals surface area contributed by atoms with Gasteiger partial charge < -0.3 is 15.4 Å². The number of methoxy groups -OCH3 is 1. The molecule has 1 rings (SSSR count). The number of carbonyl (C=O) groups excluding carboxylic acids is 1. The Bertz CT molecular complexity index is 442. The van der Waals surface area contributed by atoms with E-state index in [1.54, 1.807) is 25.3 Å². The van der Waals surface area contributed by atoms with E-state index in [0.717, 1.165) is 19.4 Å². The Morgan fingerprint density at radius 3 is 2.40 bits per heavy atom. The fourth-order valence-electron chi connectivity index (χ4n) is 2.26. The zero-order chi connectivity index (χ0) is 15.1. The minimum Gasteiger partial charge on any atom is -0.495 e. The summed E-state index contributed by atoms with van der Waals surface area (Å²) < 4.78 is 5.12. The van der Waals surface area contributed by atoms with Gasteiger partial charge in [-0.1, -0.05) is 26.7 Å². The maximum atomic E-state index is 12.5. The van der Waals surface area contributed by atoms with Crippen LogP contribution in [-0.2, 0) is 0 Å². The van der Waals surface area contributed by atoms with Crippen LogP contribution in [0.1, 0.15) is 44.0 Å². The van der Waals surface area contributed by atoms with Crippen molar-refractivity contribution in [1.82, 2.24) is 4.90 Å². The van der Waals surface area contributed by atoms with Crippen molar-refractivity contribution < 1.29 is 9.53 Å². The summed E-state index contributed by atoms with van der Waals surface area (Å²) in [5, 5.41) is 0. The van der Waals surface area contributed by atoms with Gasteiger partial charge in [-0.2, -0.15) is 0 Å². The molecule has 1 amide bonds. The van der Waals surface area contributed by atoms with E-state index in [1.165, 1.54) is 0 Å². The molecule has 0 radical (unpaired) electrons. The molecule has 1 aromatic carbocycles. The van der Waals surface area contributed by atoms with E-state index in [4.69, 9.17) is 10.5 Å². The number of hydrogen-bond donors (Lipinski definition) is 1. The van der Waals surface area contributed by atoms with Crippen molar-refractivity contribution in [2.75, 3.05) is 25.9 Å². The van der Waals surface area contributed by atoms with Gasteiger partial charge in [0.25, 0.3) is 5.91 Å². The lowest BCUT2D eigenvalue weighted by Gasteiger charge is -2.25. The van der Waals surface area contributed by atoms with Crippen LogP contribution in [0.15, 0.2) is 18.2 Å². The van der Waals surface area contributed by atoms with Gasteiger partial charge in [-0.15, -0.1) is 0 Å². The molecule has 20 heavy (non-hydrogen) atoms. The van der Waals surface area contributed by atoms with Crippen LogP contribution in [0.2, 0.25) is 0 Å². The molecule has 0 fully saturated rings. The number of carbonyl (C=O) groups is 1. The van der Waals surface area contributed by atoms with Crippen LogP contribution in [0, 0.1) is 5.92 Å². The first-order chi connectivity index (χ1) is 9.57. The first kappa shape index (κ1) is 16.3. The van der Waals surface area contributed by atoms with Crippen LogP contribution >= 0.6 is 0 Å². The Morgan fingerprint density at radius 2 is 1.95 bits per heavy atom. The standard InChI is InChI=1S/C16H26N2O2/c1-5-12(6-2)11-18(7-3)16(19)13-8-9-15(20-4)14(17)10-13/h8-10,12H,5-7,11,17H2,1-4H3. The second kappa shape index (κ2) is 7.78. The van der Waals surface area contributed by atoms with Gasteiger partial charge in [-0.05, 0) is 31.0 Å². The summed E-state index contributed by atoms with van der Waals surface area (Å²) in [6.45, 7) is 7.85. The predicted octanol–water partition coefficient (Wildman–Crippen LogP) is 3.18. The number of benzene rings is 1. The Hall–Kier alpha value is -1.71. The summed E-state index contributed by atoms with van der Waals surface area (Å²) in [4.78, 5) is 14.4. The molecule has 0 unspecified atom stereocenters. The number of nitrogens with two attached hydrogens (primary N) is 1. The molecule has 112 valence electrons. The summed E-state index contributed by atoms with van der Waals surface area (Å²) >= 11 is 0. The average molecular weight is 278 g/mol. The number of nitrogen functional groups attached to an aromatic ring is 1. The van der Waals surface area contributed by atoms with Crippen molar-refractivity contribution in [3.05, 3.63) is 23.8 Å². The zero-order valence-electron chi connectivity index (χ0n) is 13.0. The van der Waals surface area contributed by atoms with Crippen molar-refractivity contribution in [1.29, 1.82) is 0 Å². The largest absolute Gasteiger partial charge is 0.495 e. The lowest BCUT2D eigenvalue weighted by molar-refractivity contribution is 0.0735. The van der Waals surface area contributed by atoms with Crippen molar-refractivity contribution >= 4 is 11.6 Å². The maximum absolute atomic E-state index is 12.5. The highest BCUT2D eigenvalue weighted by Gasteiger charge is 2.18. The van der Waals surface area contributed by atoms with Crippen LogP contribution in [-0.4, -0.2) is 31.0 Å². The number of nitrogens with zero attached hydrogens (tertiary/aromatic N) is 1. The lowest BCUT2D eigenvalue weighted by Crippen LogP contribution is -2.35. The predicted molar refractivity (Wildman–Crippen MR) is 83.1 cm³/mol. The van der Waals surface area contributed by atoms with Gasteiger partial charge in [0.1, 0.15) is 5.75 Å². The second-order valence-electron chi connectivity index (χ2n) is 4.98. The molecular weight excluding hydrogens is 252 g/mol. The van der Waals surface area contributed by atoms with Crippen molar-refractivity contribution in [2.45, 2.75) is 33.6 Å². The smallest absolute Gasteiger partial charge is 0.253 e. The highest BCUT2D eigenvalue weighted by molar-refractivity contribution is 5.95. The van der Waals surface area contributed by atoms with Gasteiger partial charge in [0, 0.05) is 18.7 Å². The van der Waals surface area contributed by atoms with E-state index in [0.29, 0.717) is 29.5 Å². The Balaban J connectivity index is 2.88. The van der Waals surface area contributed by atoms with Gasteiger partial charge in [-0.3, -0.25) is 4.79 Å². The molecule has 4 heteroatoms. The van der Waals surface area contributed by atoms with Crippen LogP contribution in [0.3, 0.4) is 0 Å². The van der Waals surface area contributed by atoms with E-state index < -0.39 is 0 Å². The molecule has 0 aromatic heterocycles. The first-order valence-electron chi connectivity index (χ1n) is 7.30. The molecule has 0 bridgehead atoms. The molecule has 2 N–H and O–H groups in total. The molecule has 0 saturated heterocycles. The molecule has 4 nitrogen and oxygen atoms in total. The summed E-state index contributed by atoms with van der Waals surface area (Å²) in [6, 6.07) is 5.21. The molecule has 1 aromatic rings. The third-order valence-corrected chi connectivity index (χ3v) is 3.78. The van der Waals surface area contributed by atoms with Gasteiger partial charge in [-0.25, -0.2) is 0 Å². The Kier molecular flexibility index (Phi) is 6.36. The summed E-state index contributed by atoms with van der Waals surface area (Å²) in [5.74, 6) is 1.19. The SMILES string of the molecule is CCC(CC)CN(CC)C(=O)c1ccc(OC)c(N)c1. The number of ether oxygens (including phenoxy) is 1. The minimum atomic E-state index is 0.0359. The summed E-state index contributed by atoms with van der Waals surface area (Å²) in [5.41, 5.74) is 6.99. The highest BCUT2D eigenvalue weighted by Crippen LogP contribution is 2.23. The number of rotatable bonds is 7. The van der Waals surface area contributed by atoms with E-state index in [-0.39, 0.29) is 5.91 Å². The number of hydrogen-bond acceptors (Lipinski definition) is 3. The van der Waals surface area contributed by atoms with Crippen LogP contribution in [0.25, 0.3) is 0 Å². The van der Waals surface area contributed by atoms with Gasteiger partial charge >= 0.3 is 0 Å². The molecule has 0 spiro atoms. The Morgan fingerprint density at radius 1 is 1.30 bits per heavy atom. The Labute approximate surface area is 121 Å². The third kappa shape index (κ3) is 3.89. The van der Waals surface area contributed by atoms with Gasteiger partial charge in [0.05, 0.1) is 12.8 Å². The van der Waals surface area contributed by atoms with E-state index >= 15 is 0 Å². The van der Waals surface area contributed by atoms with E-state index in [1.807, 2.05) is 11.8 Å². The van der Waals surface area contributed by atoms with Gasteiger partial charge in [0.15, 0.2) is 0 Å². The van der Waals surface area contributed by atoms with Crippen molar-refractivity contribution in [3.63, 3.8) is 0 Å². The number of anilines is 1. The molecule has 0 aliphatic carbocycles. The van der Waals surface area contributed by atoms with Crippen LogP contribution in [0.5, 0.6) is 5.75 Å². The van der Waals surface area contributed by atoms with E-state index in [9.17, 15) is 4.79 Å². The van der Waals surface area contributed by atoms with Gasteiger partial charge in [0.2, 0.25) is 0 Å². The first-order valence-corrected chi connectivity index (χ1v) is 7.30.